The van der Waals surface area contributed by atoms with Gasteiger partial charge in [-0.3, -0.25) is 0 Å². The molecule has 4 aromatic rings. The Hall–Kier alpha value is -2.88. The van der Waals surface area contributed by atoms with Crippen molar-refractivity contribution in [3.8, 4) is 0 Å². The third kappa shape index (κ3) is 3.86. The molecule has 3 aromatic carbocycles. The third-order valence-electron chi connectivity index (χ3n) is 4.87. The van der Waals surface area contributed by atoms with E-state index in [0.717, 1.165) is 27.6 Å². The molecular weight excluding hydrogens is 370 g/mol. The number of halogens is 1. The standard InChI is InChI=1S/C24H20ClNO2/c1-16-12-22-20(14-21(16)25)19(13-23(27)28-22)15-26-24(17-8-4-2-5-9-17)18-10-6-3-7-11-18/h2-14,24,26H,15H2,1H3. The van der Waals surface area contributed by atoms with Crippen molar-refractivity contribution in [3.63, 3.8) is 0 Å². The molecule has 0 saturated heterocycles. The SMILES string of the molecule is Cc1cc2oc(=O)cc(CNC(c3ccccc3)c3ccccc3)c2cc1Cl. The molecule has 0 saturated carbocycles. The first-order valence-corrected chi connectivity index (χ1v) is 9.56. The molecule has 0 spiro atoms. The molecule has 0 unspecified atom stereocenters. The summed E-state index contributed by atoms with van der Waals surface area (Å²) in [6.45, 7) is 2.41. The Balaban J connectivity index is 1.72. The number of hydrogen-bond acceptors (Lipinski definition) is 3. The number of fused-ring (bicyclic) bond motifs is 1. The second-order valence-electron chi connectivity index (χ2n) is 6.82. The summed E-state index contributed by atoms with van der Waals surface area (Å²) in [6.07, 6.45) is 0. The molecule has 1 heterocycles. The quantitative estimate of drug-likeness (QED) is 0.449. The molecule has 0 bridgehead atoms. The van der Waals surface area contributed by atoms with Crippen LogP contribution in [0.1, 0.15) is 28.3 Å². The number of rotatable bonds is 5. The van der Waals surface area contributed by atoms with Crippen LogP contribution in [0.2, 0.25) is 5.02 Å². The fourth-order valence-electron chi connectivity index (χ4n) is 3.43. The van der Waals surface area contributed by atoms with Gasteiger partial charge < -0.3 is 9.73 Å². The first kappa shape index (κ1) is 18.5. The fourth-order valence-corrected chi connectivity index (χ4v) is 3.59. The summed E-state index contributed by atoms with van der Waals surface area (Å²) < 4.78 is 5.37. The maximum absolute atomic E-state index is 12.1. The maximum atomic E-state index is 12.1. The van der Waals surface area contributed by atoms with E-state index < -0.39 is 0 Å². The highest BCUT2D eigenvalue weighted by Gasteiger charge is 2.15. The zero-order chi connectivity index (χ0) is 19.5. The van der Waals surface area contributed by atoms with Crippen LogP contribution in [0.5, 0.6) is 0 Å². The van der Waals surface area contributed by atoms with Gasteiger partial charge in [-0.25, -0.2) is 4.79 Å². The number of nitrogens with one attached hydrogen (secondary N) is 1. The van der Waals surface area contributed by atoms with Crippen LogP contribution < -0.4 is 10.9 Å². The van der Waals surface area contributed by atoms with Crippen LogP contribution in [-0.4, -0.2) is 0 Å². The lowest BCUT2D eigenvalue weighted by Gasteiger charge is -2.20. The van der Waals surface area contributed by atoms with Crippen molar-refractivity contribution >= 4 is 22.6 Å². The summed E-state index contributed by atoms with van der Waals surface area (Å²) in [5.41, 5.74) is 4.27. The van der Waals surface area contributed by atoms with Gasteiger partial charge in [0.2, 0.25) is 0 Å². The van der Waals surface area contributed by atoms with Crippen molar-refractivity contribution in [1.29, 1.82) is 0 Å². The average Bonchev–Trinajstić information content (AvgIpc) is 2.71. The van der Waals surface area contributed by atoms with E-state index in [1.165, 1.54) is 6.07 Å². The molecular formula is C24H20ClNO2. The fraction of sp³-hybridized carbons (Fsp3) is 0.125. The van der Waals surface area contributed by atoms with Gasteiger partial charge in [-0.15, -0.1) is 0 Å². The van der Waals surface area contributed by atoms with Crippen molar-refractivity contribution in [3.05, 3.63) is 117 Å². The second-order valence-corrected chi connectivity index (χ2v) is 7.23. The van der Waals surface area contributed by atoms with Crippen LogP contribution >= 0.6 is 11.6 Å². The lowest BCUT2D eigenvalue weighted by molar-refractivity contribution is 0.552. The van der Waals surface area contributed by atoms with Crippen LogP contribution in [0.25, 0.3) is 11.0 Å². The van der Waals surface area contributed by atoms with Crippen LogP contribution in [0, 0.1) is 6.92 Å². The van der Waals surface area contributed by atoms with E-state index in [1.54, 1.807) is 0 Å². The van der Waals surface area contributed by atoms with E-state index in [9.17, 15) is 4.79 Å². The van der Waals surface area contributed by atoms with Gasteiger partial charge in [-0.05, 0) is 41.3 Å². The molecule has 0 aliphatic rings. The molecule has 1 aromatic heterocycles. The third-order valence-corrected chi connectivity index (χ3v) is 5.28. The normalized spacial score (nSPS) is 11.2. The first-order chi connectivity index (χ1) is 13.6. The summed E-state index contributed by atoms with van der Waals surface area (Å²) in [7, 11) is 0. The van der Waals surface area contributed by atoms with Crippen molar-refractivity contribution in [2.45, 2.75) is 19.5 Å². The summed E-state index contributed by atoms with van der Waals surface area (Å²) in [6, 6.07) is 25.8. The van der Waals surface area contributed by atoms with E-state index in [2.05, 4.69) is 29.6 Å². The van der Waals surface area contributed by atoms with E-state index in [0.29, 0.717) is 17.2 Å². The zero-order valence-electron chi connectivity index (χ0n) is 15.5. The molecule has 4 rings (SSSR count). The Morgan fingerprint density at radius 3 is 2.14 bits per heavy atom. The Labute approximate surface area is 168 Å². The van der Waals surface area contributed by atoms with Crippen LogP contribution in [-0.2, 0) is 6.54 Å². The van der Waals surface area contributed by atoms with Crippen molar-refractivity contribution < 1.29 is 4.42 Å². The molecule has 0 aliphatic carbocycles. The monoisotopic (exact) mass is 389 g/mol. The van der Waals surface area contributed by atoms with Gasteiger partial charge in [0.05, 0.1) is 6.04 Å². The maximum Gasteiger partial charge on any atom is 0.336 e. The smallest absolute Gasteiger partial charge is 0.336 e. The van der Waals surface area contributed by atoms with E-state index >= 15 is 0 Å². The lowest BCUT2D eigenvalue weighted by Crippen LogP contribution is -2.22. The number of aryl methyl sites for hydroxylation is 1. The molecule has 0 amide bonds. The molecule has 1 N–H and O–H groups in total. The van der Waals surface area contributed by atoms with E-state index in [1.807, 2.05) is 55.5 Å². The van der Waals surface area contributed by atoms with Gasteiger partial charge in [0, 0.05) is 23.0 Å². The predicted octanol–water partition coefficient (Wildman–Crippen LogP) is 5.63. The number of benzene rings is 3. The highest BCUT2D eigenvalue weighted by Crippen LogP contribution is 2.27. The molecule has 0 fully saturated rings. The Morgan fingerprint density at radius 1 is 0.929 bits per heavy atom. The Bertz CT molecular complexity index is 1110. The minimum atomic E-state index is -0.359. The van der Waals surface area contributed by atoms with Crippen LogP contribution in [0.4, 0.5) is 0 Å². The molecule has 0 radical (unpaired) electrons. The highest BCUT2D eigenvalue weighted by molar-refractivity contribution is 6.32. The number of hydrogen-bond donors (Lipinski definition) is 1. The Kier molecular flexibility index (Phi) is 5.29. The van der Waals surface area contributed by atoms with Gasteiger partial charge in [0.25, 0.3) is 0 Å². The molecule has 3 nitrogen and oxygen atoms in total. The minimum Gasteiger partial charge on any atom is -0.423 e. The minimum absolute atomic E-state index is 0.00520. The predicted molar refractivity (Wildman–Crippen MR) is 114 cm³/mol. The van der Waals surface area contributed by atoms with Gasteiger partial charge >= 0.3 is 5.63 Å². The largest absolute Gasteiger partial charge is 0.423 e. The van der Waals surface area contributed by atoms with E-state index in [-0.39, 0.29) is 11.7 Å². The van der Waals surface area contributed by atoms with Crippen LogP contribution in [0.15, 0.2) is 88.1 Å². The highest BCUT2D eigenvalue weighted by atomic mass is 35.5. The topological polar surface area (TPSA) is 42.2 Å². The van der Waals surface area contributed by atoms with Gasteiger partial charge in [-0.2, -0.15) is 0 Å². The average molecular weight is 390 g/mol. The zero-order valence-corrected chi connectivity index (χ0v) is 16.2. The summed E-state index contributed by atoms with van der Waals surface area (Å²) in [4.78, 5) is 12.1. The first-order valence-electron chi connectivity index (χ1n) is 9.18. The summed E-state index contributed by atoms with van der Waals surface area (Å²) in [5.74, 6) is 0. The molecule has 0 atom stereocenters. The van der Waals surface area contributed by atoms with Crippen molar-refractivity contribution in [1.82, 2.24) is 5.32 Å². The summed E-state index contributed by atoms with van der Waals surface area (Å²) in [5, 5.41) is 5.11. The lowest BCUT2D eigenvalue weighted by atomic mass is 9.98. The van der Waals surface area contributed by atoms with E-state index in [4.69, 9.17) is 16.0 Å². The van der Waals surface area contributed by atoms with Crippen LogP contribution in [0.3, 0.4) is 0 Å². The Morgan fingerprint density at radius 2 is 1.54 bits per heavy atom. The molecule has 0 aliphatic heterocycles. The van der Waals surface area contributed by atoms with Gasteiger partial charge in [-0.1, -0.05) is 72.3 Å². The molecule has 140 valence electrons. The summed E-state index contributed by atoms with van der Waals surface area (Å²) >= 11 is 6.31. The van der Waals surface area contributed by atoms with Crippen molar-refractivity contribution in [2.24, 2.45) is 0 Å². The van der Waals surface area contributed by atoms with Gasteiger partial charge in [0.15, 0.2) is 0 Å². The second kappa shape index (κ2) is 8.01. The molecule has 4 heteroatoms. The van der Waals surface area contributed by atoms with Crippen molar-refractivity contribution in [2.75, 3.05) is 0 Å². The van der Waals surface area contributed by atoms with Gasteiger partial charge in [0.1, 0.15) is 5.58 Å². The molecule has 28 heavy (non-hydrogen) atoms.